The van der Waals surface area contributed by atoms with E-state index in [1.54, 1.807) is 25.3 Å². The number of ether oxygens (including phenoxy) is 1. The number of halogens is 1. The van der Waals surface area contributed by atoms with Crippen LogP contribution in [0.1, 0.15) is 11.4 Å². The summed E-state index contributed by atoms with van der Waals surface area (Å²) in [6.45, 7) is 1.90. The van der Waals surface area contributed by atoms with E-state index < -0.39 is 0 Å². The molecular weight excluding hydrogens is 314 g/mol. The number of nitrogens with zero attached hydrogens (tertiary/aromatic N) is 1. The highest BCUT2D eigenvalue weighted by atomic mass is 35.5. The van der Waals surface area contributed by atoms with E-state index in [1.807, 2.05) is 25.1 Å². The summed E-state index contributed by atoms with van der Waals surface area (Å²) in [4.78, 5) is 19.7. The maximum Gasteiger partial charge on any atom is 0.228 e. The fourth-order valence-corrected chi connectivity index (χ4v) is 2.69. The number of hydrogen-bond donors (Lipinski definition) is 2. The maximum absolute atomic E-state index is 12.2. The standard InChI is InChI=1S/C17H16ClN3O2/c1-10-19-14-5-3-11(7-15(14)20-10)8-17(22)21-12-4-6-16(23-2)13(18)9-12/h3-7,9H,8H2,1-2H3,(H,19,20)(H,21,22). The zero-order valence-corrected chi connectivity index (χ0v) is 13.6. The van der Waals surface area contributed by atoms with Crippen LogP contribution in [0.5, 0.6) is 5.75 Å². The molecule has 1 heterocycles. The Morgan fingerprint density at radius 2 is 2.13 bits per heavy atom. The lowest BCUT2D eigenvalue weighted by Gasteiger charge is -2.08. The minimum atomic E-state index is -0.109. The van der Waals surface area contributed by atoms with Crippen molar-refractivity contribution in [1.82, 2.24) is 9.97 Å². The monoisotopic (exact) mass is 329 g/mol. The van der Waals surface area contributed by atoms with Crippen molar-refractivity contribution >= 4 is 34.2 Å². The first-order chi connectivity index (χ1) is 11.0. The molecule has 0 spiro atoms. The Labute approximate surface area is 138 Å². The molecule has 0 bridgehead atoms. The normalized spacial score (nSPS) is 10.7. The second-order valence-corrected chi connectivity index (χ2v) is 5.66. The first-order valence-electron chi connectivity index (χ1n) is 7.14. The average molecular weight is 330 g/mol. The highest BCUT2D eigenvalue weighted by Gasteiger charge is 2.08. The van der Waals surface area contributed by atoms with E-state index in [0.29, 0.717) is 16.5 Å². The summed E-state index contributed by atoms with van der Waals surface area (Å²) in [5.41, 5.74) is 3.38. The summed E-state index contributed by atoms with van der Waals surface area (Å²) in [6, 6.07) is 10.9. The van der Waals surface area contributed by atoms with Crippen molar-refractivity contribution in [3.8, 4) is 5.75 Å². The van der Waals surface area contributed by atoms with Crippen molar-refractivity contribution in [3.63, 3.8) is 0 Å². The van der Waals surface area contributed by atoms with Gasteiger partial charge in [-0.3, -0.25) is 4.79 Å². The van der Waals surface area contributed by atoms with Gasteiger partial charge in [-0.25, -0.2) is 4.98 Å². The van der Waals surface area contributed by atoms with Gasteiger partial charge in [0.15, 0.2) is 0 Å². The number of rotatable bonds is 4. The molecule has 0 radical (unpaired) electrons. The topological polar surface area (TPSA) is 67.0 Å². The molecule has 2 aromatic carbocycles. The summed E-state index contributed by atoms with van der Waals surface area (Å²) >= 11 is 6.05. The average Bonchev–Trinajstić information content (AvgIpc) is 2.86. The van der Waals surface area contributed by atoms with Gasteiger partial charge in [-0.1, -0.05) is 17.7 Å². The van der Waals surface area contributed by atoms with Crippen molar-refractivity contribution in [2.24, 2.45) is 0 Å². The number of imidazole rings is 1. The largest absolute Gasteiger partial charge is 0.495 e. The van der Waals surface area contributed by atoms with E-state index in [9.17, 15) is 4.79 Å². The third-order valence-corrected chi connectivity index (χ3v) is 3.76. The fourth-order valence-electron chi connectivity index (χ4n) is 2.43. The van der Waals surface area contributed by atoms with E-state index in [2.05, 4.69) is 15.3 Å². The molecule has 0 unspecified atom stereocenters. The van der Waals surface area contributed by atoms with E-state index in [1.165, 1.54) is 0 Å². The number of carbonyl (C=O) groups is 1. The SMILES string of the molecule is COc1ccc(NC(=O)Cc2ccc3nc(C)[nH]c3c2)cc1Cl. The predicted octanol–water partition coefficient (Wildman–Crippen LogP) is 3.71. The van der Waals surface area contributed by atoms with Crippen LogP contribution in [0.3, 0.4) is 0 Å². The number of anilines is 1. The second-order valence-electron chi connectivity index (χ2n) is 5.25. The Bertz CT molecular complexity index is 873. The minimum absolute atomic E-state index is 0.109. The van der Waals surface area contributed by atoms with Gasteiger partial charge in [0.1, 0.15) is 11.6 Å². The number of aromatic nitrogens is 2. The number of carbonyl (C=O) groups excluding carboxylic acids is 1. The maximum atomic E-state index is 12.2. The van der Waals surface area contributed by atoms with Crippen LogP contribution < -0.4 is 10.1 Å². The van der Waals surface area contributed by atoms with Crippen LogP contribution in [-0.4, -0.2) is 23.0 Å². The van der Waals surface area contributed by atoms with Gasteiger partial charge in [0, 0.05) is 5.69 Å². The smallest absolute Gasteiger partial charge is 0.228 e. The Morgan fingerprint density at radius 1 is 1.30 bits per heavy atom. The first-order valence-corrected chi connectivity index (χ1v) is 7.51. The Kier molecular flexibility index (Phi) is 4.21. The molecular formula is C17H16ClN3O2. The molecule has 2 N–H and O–H groups in total. The van der Waals surface area contributed by atoms with Crippen LogP contribution in [0.15, 0.2) is 36.4 Å². The predicted molar refractivity (Wildman–Crippen MR) is 91.2 cm³/mol. The molecule has 1 amide bonds. The summed E-state index contributed by atoms with van der Waals surface area (Å²) in [5.74, 6) is 1.32. The summed E-state index contributed by atoms with van der Waals surface area (Å²) in [6.07, 6.45) is 0.275. The lowest BCUT2D eigenvalue weighted by Crippen LogP contribution is -2.14. The number of fused-ring (bicyclic) bond motifs is 1. The van der Waals surface area contributed by atoms with E-state index in [-0.39, 0.29) is 12.3 Å². The third-order valence-electron chi connectivity index (χ3n) is 3.46. The summed E-state index contributed by atoms with van der Waals surface area (Å²) in [7, 11) is 1.55. The number of H-pyrrole nitrogens is 1. The molecule has 0 aliphatic heterocycles. The van der Waals surface area contributed by atoms with Crippen molar-refractivity contribution in [3.05, 3.63) is 52.8 Å². The fraction of sp³-hybridized carbons (Fsp3) is 0.176. The molecule has 3 rings (SSSR count). The van der Waals surface area contributed by atoms with Gasteiger partial charge in [0.25, 0.3) is 0 Å². The molecule has 0 atom stereocenters. The van der Waals surface area contributed by atoms with Gasteiger partial charge in [-0.05, 0) is 42.8 Å². The summed E-state index contributed by atoms with van der Waals surface area (Å²) < 4.78 is 5.09. The van der Waals surface area contributed by atoms with Crippen molar-refractivity contribution in [2.75, 3.05) is 12.4 Å². The number of hydrogen-bond acceptors (Lipinski definition) is 3. The lowest BCUT2D eigenvalue weighted by atomic mass is 10.1. The molecule has 0 aliphatic rings. The molecule has 1 aromatic heterocycles. The van der Waals surface area contributed by atoms with Crippen LogP contribution in [0.25, 0.3) is 11.0 Å². The number of aromatic amines is 1. The molecule has 0 aliphatic carbocycles. The van der Waals surface area contributed by atoms with Gasteiger partial charge >= 0.3 is 0 Å². The molecule has 23 heavy (non-hydrogen) atoms. The molecule has 0 saturated carbocycles. The Hall–Kier alpha value is -2.53. The third kappa shape index (κ3) is 3.46. The number of aryl methyl sites for hydroxylation is 1. The van der Waals surface area contributed by atoms with Crippen LogP contribution in [0, 0.1) is 6.92 Å². The van der Waals surface area contributed by atoms with Gasteiger partial charge < -0.3 is 15.0 Å². The number of nitrogens with one attached hydrogen (secondary N) is 2. The van der Waals surface area contributed by atoms with Crippen molar-refractivity contribution < 1.29 is 9.53 Å². The lowest BCUT2D eigenvalue weighted by molar-refractivity contribution is -0.115. The number of benzene rings is 2. The zero-order chi connectivity index (χ0) is 16.4. The Morgan fingerprint density at radius 3 is 2.87 bits per heavy atom. The molecule has 0 saturated heterocycles. The molecule has 0 fully saturated rings. The summed E-state index contributed by atoms with van der Waals surface area (Å²) in [5, 5.41) is 3.29. The second kappa shape index (κ2) is 6.30. The molecule has 3 aromatic rings. The number of amides is 1. The van der Waals surface area contributed by atoms with Gasteiger partial charge in [0.05, 0.1) is 29.6 Å². The van der Waals surface area contributed by atoms with E-state index in [4.69, 9.17) is 16.3 Å². The Balaban J connectivity index is 1.71. The molecule has 5 nitrogen and oxygen atoms in total. The molecule has 118 valence electrons. The van der Waals surface area contributed by atoms with Crippen molar-refractivity contribution in [1.29, 1.82) is 0 Å². The van der Waals surface area contributed by atoms with Crippen LogP contribution in [0.4, 0.5) is 5.69 Å². The first kappa shape index (κ1) is 15.4. The van der Waals surface area contributed by atoms with Gasteiger partial charge in [-0.2, -0.15) is 0 Å². The quantitative estimate of drug-likeness (QED) is 0.766. The minimum Gasteiger partial charge on any atom is -0.495 e. The van der Waals surface area contributed by atoms with Gasteiger partial charge in [-0.15, -0.1) is 0 Å². The van der Waals surface area contributed by atoms with E-state index >= 15 is 0 Å². The van der Waals surface area contributed by atoms with Crippen LogP contribution >= 0.6 is 11.6 Å². The van der Waals surface area contributed by atoms with Crippen LogP contribution in [0.2, 0.25) is 5.02 Å². The van der Waals surface area contributed by atoms with E-state index in [0.717, 1.165) is 22.4 Å². The van der Waals surface area contributed by atoms with Gasteiger partial charge in [0.2, 0.25) is 5.91 Å². The molecule has 6 heteroatoms. The number of methoxy groups -OCH3 is 1. The highest BCUT2D eigenvalue weighted by Crippen LogP contribution is 2.27. The zero-order valence-electron chi connectivity index (χ0n) is 12.8. The van der Waals surface area contributed by atoms with Crippen LogP contribution in [-0.2, 0) is 11.2 Å². The highest BCUT2D eigenvalue weighted by molar-refractivity contribution is 6.32. The van der Waals surface area contributed by atoms with Crippen molar-refractivity contribution in [2.45, 2.75) is 13.3 Å².